The van der Waals surface area contributed by atoms with Gasteiger partial charge in [0.1, 0.15) is 6.61 Å². The summed E-state index contributed by atoms with van der Waals surface area (Å²) in [4.78, 5) is 0. The molecule has 0 aliphatic rings. The van der Waals surface area contributed by atoms with Crippen LogP contribution in [0.25, 0.3) is 0 Å². The van der Waals surface area contributed by atoms with Crippen molar-refractivity contribution in [3.05, 3.63) is 0 Å². The van der Waals surface area contributed by atoms with Gasteiger partial charge in [-0.15, -0.1) is 0 Å². The van der Waals surface area contributed by atoms with Crippen LogP contribution in [-0.2, 0) is 27.5 Å². The minimum Gasteiger partial charge on any atom is -0.376 e. The van der Waals surface area contributed by atoms with E-state index in [0.29, 0.717) is 33.0 Å². The lowest BCUT2D eigenvalue weighted by Crippen LogP contribution is -2.46. The molecule has 6 nitrogen and oxygen atoms in total. The molecule has 0 spiro atoms. The molecule has 0 aromatic rings. The zero-order valence-electron chi connectivity index (χ0n) is 12.8. The standard InChI is InChI=1S/C12H28O6Si/c1-6-13-12(14-7-2,15-8-3)11-18-19(16-9-4)17-10-5/h19H,6-11H2,1-5H3. The second-order valence-corrected chi connectivity index (χ2v) is 5.07. The Labute approximate surface area is 118 Å². The molecule has 0 N–H and O–H groups in total. The fourth-order valence-corrected chi connectivity index (χ4v) is 2.67. The molecule has 0 saturated carbocycles. The fourth-order valence-electron chi connectivity index (χ4n) is 1.50. The molecule has 0 aromatic heterocycles. The van der Waals surface area contributed by atoms with Gasteiger partial charge in [0.25, 0.3) is 0 Å². The van der Waals surface area contributed by atoms with Crippen LogP contribution >= 0.6 is 0 Å². The summed E-state index contributed by atoms with van der Waals surface area (Å²) in [6.07, 6.45) is 0. The molecular formula is C12H28O6Si. The van der Waals surface area contributed by atoms with E-state index >= 15 is 0 Å². The van der Waals surface area contributed by atoms with E-state index in [1.165, 1.54) is 0 Å². The SMILES string of the molecule is CCO[SiH](OCC)OCC(OCC)(OCC)OCC. The monoisotopic (exact) mass is 296 g/mol. The summed E-state index contributed by atoms with van der Waals surface area (Å²) in [6, 6.07) is 0. The van der Waals surface area contributed by atoms with Gasteiger partial charge < -0.3 is 27.5 Å². The molecule has 0 amide bonds. The summed E-state index contributed by atoms with van der Waals surface area (Å²) in [5, 5.41) is 0. The Morgan fingerprint density at radius 1 is 0.632 bits per heavy atom. The van der Waals surface area contributed by atoms with Crippen molar-refractivity contribution in [2.75, 3.05) is 39.6 Å². The van der Waals surface area contributed by atoms with Crippen LogP contribution in [0.1, 0.15) is 34.6 Å². The van der Waals surface area contributed by atoms with Crippen LogP contribution in [0.4, 0.5) is 0 Å². The highest BCUT2D eigenvalue weighted by atomic mass is 28.3. The van der Waals surface area contributed by atoms with Crippen LogP contribution in [0.3, 0.4) is 0 Å². The first-order valence-electron chi connectivity index (χ1n) is 6.94. The molecular weight excluding hydrogens is 268 g/mol. The quantitative estimate of drug-likeness (QED) is 0.380. The second kappa shape index (κ2) is 11.8. The van der Waals surface area contributed by atoms with Crippen molar-refractivity contribution in [2.24, 2.45) is 0 Å². The average Bonchev–Trinajstić information content (AvgIpc) is 2.37. The van der Waals surface area contributed by atoms with E-state index in [9.17, 15) is 0 Å². The van der Waals surface area contributed by atoms with Crippen molar-refractivity contribution < 1.29 is 27.5 Å². The van der Waals surface area contributed by atoms with Crippen LogP contribution in [-0.4, -0.2) is 55.1 Å². The number of rotatable bonds is 13. The van der Waals surface area contributed by atoms with Crippen molar-refractivity contribution in [1.29, 1.82) is 0 Å². The Hall–Kier alpha value is -0.0231. The Bertz CT molecular complexity index is 182. The molecule has 0 radical (unpaired) electrons. The molecule has 0 rings (SSSR count). The molecule has 19 heavy (non-hydrogen) atoms. The van der Waals surface area contributed by atoms with E-state index in [4.69, 9.17) is 27.5 Å². The minimum absolute atomic E-state index is 0.138. The molecule has 0 heterocycles. The molecule has 0 aliphatic heterocycles. The predicted molar refractivity (Wildman–Crippen MR) is 74.0 cm³/mol. The Kier molecular flexibility index (Phi) is 11.8. The van der Waals surface area contributed by atoms with Crippen LogP contribution in [0.15, 0.2) is 0 Å². The maximum atomic E-state index is 5.67. The Morgan fingerprint density at radius 3 is 1.37 bits per heavy atom. The van der Waals surface area contributed by atoms with E-state index in [1.54, 1.807) is 0 Å². The first-order valence-corrected chi connectivity index (χ1v) is 8.35. The molecule has 0 aliphatic carbocycles. The summed E-state index contributed by atoms with van der Waals surface area (Å²) in [5.74, 6) is -1.17. The van der Waals surface area contributed by atoms with Crippen LogP contribution in [0.5, 0.6) is 0 Å². The van der Waals surface area contributed by atoms with Crippen molar-refractivity contribution in [1.82, 2.24) is 0 Å². The summed E-state index contributed by atoms with van der Waals surface area (Å²) in [5.41, 5.74) is 0. The molecule has 0 aromatic carbocycles. The Morgan fingerprint density at radius 2 is 1.05 bits per heavy atom. The van der Waals surface area contributed by atoms with E-state index in [2.05, 4.69) is 0 Å². The van der Waals surface area contributed by atoms with Gasteiger partial charge in [-0.1, -0.05) is 0 Å². The zero-order valence-corrected chi connectivity index (χ0v) is 13.9. The molecule has 0 saturated heterocycles. The first-order chi connectivity index (χ1) is 9.17. The van der Waals surface area contributed by atoms with Crippen LogP contribution in [0, 0.1) is 0 Å². The van der Waals surface area contributed by atoms with Crippen molar-refractivity contribution >= 4 is 9.53 Å². The van der Waals surface area contributed by atoms with E-state index in [1.807, 2.05) is 34.6 Å². The number of ether oxygens (including phenoxy) is 3. The van der Waals surface area contributed by atoms with Crippen LogP contribution < -0.4 is 0 Å². The fraction of sp³-hybridized carbons (Fsp3) is 1.00. The first kappa shape index (κ1) is 19.0. The van der Waals surface area contributed by atoms with Gasteiger partial charge in [0.2, 0.25) is 0 Å². The summed E-state index contributed by atoms with van der Waals surface area (Å²) < 4.78 is 33.2. The van der Waals surface area contributed by atoms with Gasteiger partial charge in [0.05, 0.1) is 0 Å². The van der Waals surface area contributed by atoms with Gasteiger partial charge in [-0.2, -0.15) is 0 Å². The van der Waals surface area contributed by atoms with Gasteiger partial charge in [-0.25, -0.2) is 0 Å². The average molecular weight is 296 g/mol. The highest BCUT2D eigenvalue weighted by Gasteiger charge is 2.35. The molecule has 7 heteroatoms. The van der Waals surface area contributed by atoms with Crippen molar-refractivity contribution in [3.63, 3.8) is 0 Å². The maximum absolute atomic E-state index is 5.67. The third kappa shape index (κ3) is 7.98. The third-order valence-corrected chi connectivity index (χ3v) is 3.74. The van der Waals surface area contributed by atoms with Gasteiger partial charge in [0, 0.05) is 33.0 Å². The zero-order chi connectivity index (χ0) is 14.6. The van der Waals surface area contributed by atoms with Gasteiger partial charge >= 0.3 is 15.5 Å². The highest BCUT2D eigenvalue weighted by Crippen LogP contribution is 2.17. The lowest BCUT2D eigenvalue weighted by atomic mass is 10.5. The lowest BCUT2D eigenvalue weighted by Gasteiger charge is -2.32. The van der Waals surface area contributed by atoms with Gasteiger partial charge in [-0.05, 0) is 34.6 Å². The molecule has 0 bridgehead atoms. The summed E-state index contributed by atoms with van der Waals surface area (Å²) in [6.45, 7) is 12.1. The molecule has 0 unspecified atom stereocenters. The van der Waals surface area contributed by atoms with Crippen LogP contribution in [0.2, 0.25) is 0 Å². The second-order valence-electron chi connectivity index (χ2n) is 3.49. The van der Waals surface area contributed by atoms with E-state index in [0.717, 1.165) is 0 Å². The number of hydrogen-bond donors (Lipinski definition) is 0. The molecule has 0 atom stereocenters. The van der Waals surface area contributed by atoms with Gasteiger partial charge in [0.15, 0.2) is 0 Å². The third-order valence-electron chi connectivity index (χ3n) is 2.09. The summed E-state index contributed by atoms with van der Waals surface area (Å²) >= 11 is 0. The topological polar surface area (TPSA) is 55.4 Å². The van der Waals surface area contributed by atoms with E-state index in [-0.39, 0.29) is 6.61 Å². The molecule has 116 valence electrons. The summed E-state index contributed by atoms with van der Waals surface area (Å²) in [7, 11) is -2.15. The predicted octanol–water partition coefficient (Wildman–Crippen LogP) is 1.56. The Balaban J connectivity index is 4.49. The van der Waals surface area contributed by atoms with E-state index < -0.39 is 15.5 Å². The number of hydrogen-bond acceptors (Lipinski definition) is 6. The normalized spacial score (nSPS) is 12.3. The van der Waals surface area contributed by atoms with Gasteiger partial charge in [-0.3, -0.25) is 0 Å². The van der Waals surface area contributed by atoms with Crippen molar-refractivity contribution in [3.8, 4) is 0 Å². The minimum atomic E-state index is -2.15. The van der Waals surface area contributed by atoms with Crippen molar-refractivity contribution in [2.45, 2.75) is 40.6 Å². The maximum Gasteiger partial charge on any atom is 0.484 e. The largest absolute Gasteiger partial charge is 0.484 e. The smallest absolute Gasteiger partial charge is 0.376 e. The molecule has 0 fully saturated rings. The highest BCUT2D eigenvalue weighted by molar-refractivity contribution is 6.36. The lowest BCUT2D eigenvalue weighted by molar-refractivity contribution is -0.386.